The molecule has 0 aliphatic rings. The van der Waals surface area contributed by atoms with Crippen LogP contribution in [0.15, 0.2) is 39.5 Å². The maximum absolute atomic E-state index is 12.9. The van der Waals surface area contributed by atoms with Crippen molar-refractivity contribution in [3.63, 3.8) is 0 Å². The second-order valence-corrected chi connectivity index (χ2v) is 5.38. The Morgan fingerprint density at radius 1 is 0.846 bits per heavy atom. The molecule has 0 bridgehead atoms. The summed E-state index contributed by atoms with van der Waals surface area (Å²) in [6, 6.07) is 7.78. The molecule has 2 aromatic carbocycles. The van der Waals surface area contributed by atoms with E-state index >= 15 is 0 Å². The minimum atomic E-state index is -0.407. The maximum Gasteiger partial charge on any atom is 0.239 e. The monoisotopic (exact) mass is 358 g/mol. The van der Waals surface area contributed by atoms with E-state index in [0.717, 1.165) is 0 Å². The van der Waals surface area contributed by atoms with Gasteiger partial charge in [0.2, 0.25) is 11.2 Å². The fraction of sp³-hybridized carbons (Fsp3) is 0.211. The van der Waals surface area contributed by atoms with Gasteiger partial charge in [-0.3, -0.25) is 4.79 Å². The Bertz CT molecular complexity index is 1020. The van der Waals surface area contributed by atoms with Gasteiger partial charge >= 0.3 is 0 Å². The summed E-state index contributed by atoms with van der Waals surface area (Å²) >= 11 is 0. The largest absolute Gasteiger partial charge is 0.508 e. The summed E-state index contributed by atoms with van der Waals surface area (Å²) in [5.74, 6) is 1.36. The van der Waals surface area contributed by atoms with E-state index < -0.39 is 5.43 Å². The van der Waals surface area contributed by atoms with Gasteiger partial charge in [0.1, 0.15) is 22.5 Å². The average molecular weight is 358 g/mol. The van der Waals surface area contributed by atoms with Gasteiger partial charge in [0, 0.05) is 17.7 Å². The van der Waals surface area contributed by atoms with E-state index in [2.05, 4.69) is 0 Å². The summed E-state index contributed by atoms with van der Waals surface area (Å²) in [5.41, 5.74) is 0.327. The highest BCUT2D eigenvalue weighted by Gasteiger charge is 2.21. The number of rotatable bonds is 5. The van der Waals surface area contributed by atoms with Gasteiger partial charge in [-0.2, -0.15) is 0 Å². The number of hydrogen-bond acceptors (Lipinski definition) is 7. The molecule has 0 saturated heterocycles. The molecule has 0 atom stereocenters. The van der Waals surface area contributed by atoms with E-state index in [-0.39, 0.29) is 34.0 Å². The molecular formula is C19H18O7. The lowest BCUT2D eigenvalue weighted by Crippen LogP contribution is -2.09. The van der Waals surface area contributed by atoms with Crippen molar-refractivity contribution in [2.24, 2.45) is 0 Å². The Labute approximate surface area is 149 Å². The summed E-state index contributed by atoms with van der Waals surface area (Å²) in [6.45, 7) is 0. The number of methoxy groups -OCH3 is 4. The summed E-state index contributed by atoms with van der Waals surface area (Å²) in [4.78, 5) is 12.9. The Morgan fingerprint density at radius 2 is 1.54 bits per heavy atom. The van der Waals surface area contributed by atoms with Crippen LogP contribution in [-0.2, 0) is 0 Å². The summed E-state index contributed by atoms with van der Waals surface area (Å²) < 4.78 is 26.9. The fourth-order valence-corrected chi connectivity index (χ4v) is 2.77. The van der Waals surface area contributed by atoms with Gasteiger partial charge in [-0.1, -0.05) is 0 Å². The maximum atomic E-state index is 12.9. The average Bonchev–Trinajstić information content (AvgIpc) is 2.66. The smallest absolute Gasteiger partial charge is 0.239 e. The summed E-state index contributed by atoms with van der Waals surface area (Å²) in [6.07, 6.45) is 0. The molecule has 0 saturated carbocycles. The van der Waals surface area contributed by atoms with Crippen LogP contribution in [0.25, 0.3) is 22.3 Å². The van der Waals surface area contributed by atoms with Crippen molar-refractivity contribution in [1.82, 2.24) is 0 Å². The number of fused-ring (bicyclic) bond motifs is 1. The summed E-state index contributed by atoms with van der Waals surface area (Å²) in [5, 5.41) is 10.0. The first kappa shape index (κ1) is 17.5. The lowest BCUT2D eigenvalue weighted by molar-refractivity contribution is 0.355. The molecule has 0 radical (unpaired) electrons. The van der Waals surface area contributed by atoms with E-state index in [1.54, 1.807) is 18.2 Å². The number of ether oxygens (including phenoxy) is 4. The van der Waals surface area contributed by atoms with Gasteiger partial charge in [0.15, 0.2) is 17.3 Å². The third kappa shape index (κ3) is 2.77. The third-order valence-corrected chi connectivity index (χ3v) is 3.97. The van der Waals surface area contributed by atoms with Crippen LogP contribution in [0.3, 0.4) is 0 Å². The van der Waals surface area contributed by atoms with Crippen LogP contribution in [0.2, 0.25) is 0 Å². The van der Waals surface area contributed by atoms with Crippen molar-refractivity contribution >= 4 is 11.0 Å². The molecule has 0 aliphatic heterocycles. The van der Waals surface area contributed by atoms with Crippen LogP contribution in [0.4, 0.5) is 0 Å². The van der Waals surface area contributed by atoms with Crippen molar-refractivity contribution in [1.29, 1.82) is 0 Å². The van der Waals surface area contributed by atoms with Crippen molar-refractivity contribution in [2.75, 3.05) is 28.4 Å². The minimum absolute atomic E-state index is 0.0220. The lowest BCUT2D eigenvalue weighted by atomic mass is 10.1. The molecule has 0 aliphatic carbocycles. The zero-order chi connectivity index (χ0) is 18.8. The predicted octanol–water partition coefficient (Wildman–Crippen LogP) is 3.20. The molecule has 0 amide bonds. The van der Waals surface area contributed by atoms with Gasteiger partial charge in [0.25, 0.3) is 0 Å². The predicted molar refractivity (Wildman–Crippen MR) is 95.8 cm³/mol. The highest BCUT2D eigenvalue weighted by molar-refractivity contribution is 5.88. The number of aromatic hydroxyl groups is 1. The molecule has 3 rings (SSSR count). The van der Waals surface area contributed by atoms with E-state index in [4.69, 9.17) is 23.4 Å². The molecule has 0 fully saturated rings. The molecule has 1 aromatic heterocycles. The van der Waals surface area contributed by atoms with Crippen molar-refractivity contribution < 1.29 is 28.5 Å². The molecule has 1 N–H and O–H groups in total. The molecule has 3 aromatic rings. The van der Waals surface area contributed by atoms with Crippen LogP contribution in [-0.4, -0.2) is 33.5 Å². The van der Waals surface area contributed by atoms with Crippen molar-refractivity contribution in [3.8, 4) is 40.1 Å². The van der Waals surface area contributed by atoms with Crippen LogP contribution in [0, 0.1) is 0 Å². The van der Waals surface area contributed by atoms with Gasteiger partial charge < -0.3 is 28.5 Å². The molecular weight excluding hydrogens is 340 g/mol. The highest BCUT2D eigenvalue weighted by Crippen LogP contribution is 2.38. The van der Waals surface area contributed by atoms with Crippen LogP contribution in [0.5, 0.6) is 28.7 Å². The fourth-order valence-electron chi connectivity index (χ4n) is 2.77. The first-order valence-electron chi connectivity index (χ1n) is 7.68. The van der Waals surface area contributed by atoms with E-state index in [9.17, 15) is 9.90 Å². The Morgan fingerprint density at radius 3 is 2.15 bits per heavy atom. The Kier molecular flexibility index (Phi) is 4.62. The Hall–Kier alpha value is -3.35. The van der Waals surface area contributed by atoms with E-state index in [1.165, 1.54) is 40.6 Å². The van der Waals surface area contributed by atoms with E-state index in [1.807, 2.05) is 0 Å². The SMILES string of the molecule is COc1ccc(-c2oc3cc(O)cc(OC)c3c(=O)c2OC)cc1OC. The van der Waals surface area contributed by atoms with Gasteiger partial charge in [0.05, 0.1) is 28.4 Å². The van der Waals surface area contributed by atoms with E-state index in [0.29, 0.717) is 17.1 Å². The second kappa shape index (κ2) is 6.87. The van der Waals surface area contributed by atoms with Gasteiger partial charge in [-0.15, -0.1) is 0 Å². The quantitative estimate of drug-likeness (QED) is 0.749. The van der Waals surface area contributed by atoms with Crippen LogP contribution < -0.4 is 24.4 Å². The molecule has 7 heteroatoms. The number of phenolic OH excluding ortho intramolecular Hbond substituents is 1. The van der Waals surface area contributed by atoms with Crippen LogP contribution in [0.1, 0.15) is 0 Å². The standard InChI is InChI=1S/C19H18O7/c1-22-12-6-5-10(7-13(12)23-2)18-19(25-4)17(21)16-14(24-3)8-11(20)9-15(16)26-18/h5-9,20H,1-4H3. The topological polar surface area (TPSA) is 87.4 Å². The van der Waals surface area contributed by atoms with Gasteiger partial charge in [-0.05, 0) is 18.2 Å². The Balaban J connectivity index is 2.35. The molecule has 0 spiro atoms. The van der Waals surface area contributed by atoms with Crippen molar-refractivity contribution in [3.05, 3.63) is 40.6 Å². The zero-order valence-electron chi connectivity index (χ0n) is 14.8. The van der Waals surface area contributed by atoms with Gasteiger partial charge in [-0.25, -0.2) is 0 Å². The molecule has 136 valence electrons. The van der Waals surface area contributed by atoms with Crippen molar-refractivity contribution in [2.45, 2.75) is 0 Å². The minimum Gasteiger partial charge on any atom is -0.508 e. The summed E-state index contributed by atoms with van der Waals surface area (Å²) in [7, 11) is 5.83. The highest BCUT2D eigenvalue weighted by atomic mass is 16.5. The number of hydrogen-bond donors (Lipinski definition) is 1. The third-order valence-electron chi connectivity index (χ3n) is 3.97. The first-order valence-corrected chi connectivity index (χ1v) is 7.68. The number of phenols is 1. The van der Waals surface area contributed by atoms with Crippen LogP contribution >= 0.6 is 0 Å². The lowest BCUT2D eigenvalue weighted by Gasteiger charge is -2.13. The number of benzene rings is 2. The zero-order valence-corrected chi connectivity index (χ0v) is 14.8. The second-order valence-electron chi connectivity index (χ2n) is 5.38. The first-order chi connectivity index (χ1) is 12.5. The molecule has 7 nitrogen and oxygen atoms in total. The molecule has 1 heterocycles. The molecule has 0 unspecified atom stereocenters. The normalized spacial score (nSPS) is 10.6. The molecule has 26 heavy (non-hydrogen) atoms.